The van der Waals surface area contributed by atoms with Crippen LogP contribution in [0.1, 0.15) is 29.7 Å². The van der Waals surface area contributed by atoms with E-state index in [1.54, 1.807) is 14.2 Å². The minimum atomic E-state index is 0.466. The van der Waals surface area contributed by atoms with Gasteiger partial charge in [0.15, 0.2) is 0 Å². The fourth-order valence-corrected chi connectivity index (χ4v) is 2.91. The number of hydrogen-bond donors (Lipinski definition) is 0. The van der Waals surface area contributed by atoms with Gasteiger partial charge in [-0.05, 0) is 36.6 Å². The first-order valence-electron chi connectivity index (χ1n) is 7.42. The van der Waals surface area contributed by atoms with E-state index in [0.29, 0.717) is 24.2 Å². The molecule has 6 heteroatoms. The molecule has 3 rings (SSSR count). The Labute approximate surface area is 130 Å². The van der Waals surface area contributed by atoms with Crippen molar-refractivity contribution in [2.24, 2.45) is 0 Å². The maximum atomic E-state index is 5.46. The van der Waals surface area contributed by atoms with Crippen LogP contribution < -0.4 is 9.47 Å². The van der Waals surface area contributed by atoms with Crippen LogP contribution in [0.25, 0.3) is 0 Å². The molecule has 0 aliphatic carbocycles. The first kappa shape index (κ1) is 14.8. The average Bonchev–Trinajstić information content (AvgIpc) is 3.16. The second kappa shape index (κ2) is 6.36. The van der Waals surface area contributed by atoms with Gasteiger partial charge in [-0.3, -0.25) is 4.90 Å². The molecule has 1 atom stereocenters. The van der Waals surface area contributed by atoms with Gasteiger partial charge in [0, 0.05) is 19.5 Å². The number of benzene rings is 1. The lowest BCUT2D eigenvalue weighted by Gasteiger charge is -2.15. The zero-order valence-corrected chi connectivity index (χ0v) is 13.2. The van der Waals surface area contributed by atoms with Crippen LogP contribution in [0.5, 0.6) is 11.5 Å². The van der Waals surface area contributed by atoms with Gasteiger partial charge in [0.05, 0.1) is 20.8 Å². The van der Waals surface area contributed by atoms with Crippen molar-refractivity contribution in [3.8, 4) is 11.5 Å². The Hall–Kier alpha value is -2.08. The van der Waals surface area contributed by atoms with Crippen LogP contribution in [0.15, 0.2) is 22.6 Å². The molecule has 2 aromatic rings. The SMILES string of the molecule is COc1cc(OC)cc([C@H]2CCN(Cc3nnc(C)o3)C2)c1. The lowest BCUT2D eigenvalue weighted by atomic mass is 9.98. The van der Waals surface area contributed by atoms with E-state index in [-0.39, 0.29) is 0 Å². The van der Waals surface area contributed by atoms with Gasteiger partial charge < -0.3 is 13.9 Å². The van der Waals surface area contributed by atoms with Crippen LogP contribution >= 0.6 is 0 Å². The summed E-state index contributed by atoms with van der Waals surface area (Å²) in [5.74, 6) is 3.43. The Kier molecular flexibility index (Phi) is 4.29. The largest absolute Gasteiger partial charge is 0.497 e. The van der Waals surface area contributed by atoms with E-state index in [4.69, 9.17) is 13.9 Å². The zero-order valence-electron chi connectivity index (χ0n) is 13.2. The van der Waals surface area contributed by atoms with Gasteiger partial charge in [-0.25, -0.2) is 0 Å². The molecule has 0 saturated carbocycles. The molecule has 6 nitrogen and oxygen atoms in total. The third-order valence-corrected chi connectivity index (χ3v) is 4.04. The molecule has 0 amide bonds. The predicted molar refractivity (Wildman–Crippen MR) is 81.2 cm³/mol. The quantitative estimate of drug-likeness (QED) is 0.845. The summed E-state index contributed by atoms with van der Waals surface area (Å²) in [6.45, 7) is 4.51. The molecule has 1 aromatic carbocycles. The van der Waals surface area contributed by atoms with Crippen LogP contribution in [0.2, 0.25) is 0 Å². The maximum absolute atomic E-state index is 5.46. The van der Waals surface area contributed by atoms with Gasteiger partial charge in [0.2, 0.25) is 11.8 Å². The Balaban J connectivity index is 1.69. The highest BCUT2D eigenvalue weighted by atomic mass is 16.5. The van der Waals surface area contributed by atoms with E-state index < -0.39 is 0 Å². The second-order valence-electron chi connectivity index (χ2n) is 5.58. The van der Waals surface area contributed by atoms with Crippen molar-refractivity contribution in [2.45, 2.75) is 25.8 Å². The van der Waals surface area contributed by atoms with Crippen molar-refractivity contribution < 1.29 is 13.9 Å². The normalized spacial score (nSPS) is 18.6. The Morgan fingerprint density at radius 3 is 2.50 bits per heavy atom. The number of rotatable bonds is 5. The number of methoxy groups -OCH3 is 2. The third kappa shape index (κ3) is 3.22. The summed E-state index contributed by atoms with van der Waals surface area (Å²) >= 11 is 0. The highest BCUT2D eigenvalue weighted by molar-refractivity contribution is 5.40. The lowest BCUT2D eigenvalue weighted by molar-refractivity contribution is 0.284. The molecule has 0 radical (unpaired) electrons. The molecular weight excluding hydrogens is 282 g/mol. The van der Waals surface area contributed by atoms with Crippen LogP contribution in [0, 0.1) is 6.92 Å². The predicted octanol–water partition coefficient (Wildman–Crippen LogP) is 2.38. The molecule has 1 aliphatic heterocycles. The highest BCUT2D eigenvalue weighted by Gasteiger charge is 2.26. The fourth-order valence-electron chi connectivity index (χ4n) is 2.91. The average molecular weight is 303 g/mol. The highest BCUT2D eigenvalue weighted by Crippen LogP contribution is 2.33. The summed E-state index contributed by atoms with van der Waals surface area (Å²) in [4.78, 5) is 2.34. The molecule has 1 aromatic heterocycles. The van der Waals surface area contributed by atoms with Crippen LogP contribution in [0.4, 0.5) is 0 Å². The smallest absolute Gasteiger partial charge is 0.230 e. The van der Waals surface area contributed by atoms with Crippen molar-refractivity contribution in [1.29, 1.82) is 0 Å². The first-order chi connectivity index (χ1) is 10.7. The summed E-state index contributed by atoms with van der Waals surface area (Å²) in [6, 6.07) is 6.08. The Morgan fingerprint density at radius 2 is 1.91 bits per heavy atom. The minimum Gasteiger partial charge on any atom is -0.497 e. The van der Waals surface area contributed by atoms with E-state index in [9.17, 15) is 0 Å². The number of ether oxygens (including phenoxy) is 2. The molecular formula is C16H21N3O3. The molecule has 0 spiro atoms. The maximum Gasteiger partial charge on any atom is 0.230 e. The molecule has 22 heavy (non-hydrogen) atoms. The number of nitrogens with zero attached hydrogens (tertiary/aromatic N) is 3. The van der Waals surface area contributed by atoms with Gasteiger partial charge in [-0.15, -0.1) is 10.2 Å². The first-order valence-corrected chi connectivity index (χ1v) is 7.42. The van der Waals surface area contributed by atoms with Crippen molar-refractivity contribution in [3.63, 3.8) is 0 Å². The summed E-state index contributed by atoms with van der Waals surface area (Å²) in [5.41, 5.74) is 1.25. The number of hydrogen-bond acceptors (Lipinski definition) is 6. The van der Waals surface area contributed by atoms with Crippen molar-refractivity contribution in [1.82, 2.24) is 15.1 Å². The molecule has 0 bridgehead atoms. The number of aromatic nitrogens is 2. The van der Waals surface area contributed by atoms with Crippen molar-refractivity contribution in [2.75, 3.05) is 27.3 Å². The number of aryl methyl sites for hydroxylation is 1. The van der Waals surface area contributed by atoms with Crippen LogP contribution in [-0.4, -0.2) is 42.4 Å². The molecule has 0 unspecified atom stereocenters. The second-order valence-corrected chi connectivity index (χ2v) is 5.58. The Bertz CT molecular complexity index is 619. The standard InChI is InChI=1S/C16H21N3O3/c1-11-17-18-16(22-11)10-19-5-4-12(9-19)13-6-14(20-2)8-15(7-13)21-3/h6-8,12H,4-5,9-10H2,1-3H3/t12-/m0/s1. The zero-order chi connectivity index (χ0) is 15.5. The summed E-state index contributed by atoms with van der Waals surface area (Å²) < 4.78 is 16.2. The van der Waals surface area contributed by atoms with Gasteiger partial charge in [-0.2, -0.15) is 0 Å². The van der Waals surface area contributed by atoms with E-state index >= 15 is 0 Å². The van der Waals surface area contributed by atoms with Gasteiger partial charge in [0.25, 0.3) is 0 Å². The van der Waals surface area contributed by atoms with Crippen LogP contribution in [0.3, 0.4) is 0 Å². The summed E-state index contributed by atoms with van der Waals surface area (Å²) in [6.07, 6.45) is 1.10. The minimum absolute atomic E-state index is 0.466. The monoisotopic (exact) mass is 303 g/mol. The topological polar surface area (TPSA) is 60.6 Å². The molecule has 1 fully saturated rings. The van der Waals surface area contributed by atoms with E-state index in [0.717, 1.165) is 31.0 Å². The molecule has 2 heterocycles. The molecule has 118 valence electrons. The fraction of sp³-hybridized carbons (Fsp3) is 0.500. The van der Waals surface area contributed by atoms with E-state index in [2.05, 4.69) is 27.2 Å². The van der Waals surface area contributed by atoms with Crippen LogP contribution in [-0.2, 0) is 6.54 Å². The third-order valence-electron chi connectivity index (χ3n) is 4.04. The molecule has 0 N–H and O–H groups in total. The van der Waals surface area contributed by atoms with Gasteiger partial charge in [0.1, 0.15) is 11.5 Å². The van der Waals surface area contributed by atoms with E-state index in [1.165, 1.54) is 5.56 Å². The van der Waals surface area contributed by atoms with Gasteiger partial charge in [-0.1, -0.05) is 0 Å². The van der Waals surface area contributed by atoms with E-state index in [1.807, 2.05) is 13.0 Å². The number of likely N-dealkylation sites (tertiary alicyclic amines) is 1. The Morgan fingerprint density at radius 1 is 1.18 bits per heavy atom. The van der Waals surface area contributed by atoms with Crippen molar-refractivity contribution >= 4 is 0 Å². The van der Waals surface area contributed by atoms with Crippen molar-refractivity contribution in [3.05, 3.63) is 35.5 Å². The summed E-state index contributed by atoms with van der Waals surface area (Å²) in [7, 11) is 3.36. The summed E-state index contributed by atoms with van der Waals surface area (Å²) in [5, 5.41) is 7.94. The van der Waals surface area contributed by atoms with Gasteiger partial charge >= 0.3 is 0 Å². The molecule has 1 saturated heterocycles. The molecule has 1 aliphatic rings. The lowest BCUT2D eigenvalue weighted by Crippen LogP contribution is -2.20.